The second kappa shape index (κ2) is 9.32. The van der Waals surface area contributed by atoms with E-state index in [0.717, 1.165) is 17.7 Å². The average Bonchev–Trinajstić information content (AvgIpc) is 2.83. The Hall–Kier alpha value is -2.87. The van der Waals surface area contributed by atoms with Crippen LogP contribution in [0.5, 0.6) is 11.5 Å². The van der Waals surface area contributed by atoms with Gasteiger partial charge in [-0.25, -0.2) is 5.01 Å². The second-order valence-electron chi connectivity index (χ2n) is 8.74. The molecular formula is C24H32N4O4. The Morgan fingerprint density at radius 1 is 1.09 bits per heavy atom. The number of benzene rings is 1. The third-order valence-electron chi connectivity index (χ3n) is 6.73. The lowest BCUT2D eigenvalue weighted by atomic mass is 9.76. The zero-order valence-electron chi connectivity index (χ0n) is 19.0. The highest BCUT2D eigenvalue weighted by Crippen LogP contribution is 2.38. The van der Waals surface area contributed by atoms with Gasteiger partial charge in [-0.05, 0) is 50.8 Å². The van der Waals surface area contributed by atoms with E-state index >= 15 is 0 Å². The van der Waals surface area contributed by atoms with Gasteiger partial charge in [-0.2, -0.15) is 5.10 Å². The van der Waals surface area contributed by atoms with E-state index in [4.69, 9.17) is 20.3 Å². The maximum absolute atomic E-state index is 13.4. The number of carbonyl (C=O) groups is 2. The molecule has 32 heavy (non-hydrogen) atoms. The van der Waals surface area contributed by atoms with Gasteiger partial charge in [0, 0.05) is 24.6 Å². The first-order valence-electron chi connectivity index (χ1n) is 11.3. The van der Waals surface area contributed by atoms with Gasteiger partial charge < -0.3 is 20.1 Å². The van der Waals surface area contributed by atoms with E-state index in [1.54, 1.807) is 31.1 Å². The number of rotatable bonds is 5. The lowest BCUT2D eigenvalue weighted by molar-refractivity contribution is -0.142. The van der Waals surface area contributed by atoms with Crippen LogP contribution in [0.25, 0.3) is 0 Å². The summed E-state index contributed by atoms with van der Waals surface area (Å²) in [6.45, 7) is 2.88. The van der Waals surface area contributed by atoms with E-state index in [1.807, 2.05) is 18.2 Å². The van der Waals surface area contributed by atoms with Crippen molar-refractivity contribution < 1.29 is 19.1 Å². The largest absolute Gasteiger partial charge is 0.493 e. The number of piperidine rings is 1. The molecule has 2 N–H and O–H groups in total. The maximum Gasteiger partial charge on any atom is 0.247 e. The van der Waals surface area contributed by atoms with Gasteiger partial charge in [0.15, 0.2) is 11.5 Å². The van der Waals surface area contributed by atoms with Crippen LogP contribution >= 0.6 is 0 Å². The lowest BCUT2D eigenvalue weighted by Gasteiger charge is -2.42. The van der Waals surface area contributed by atoms with Gasteiger partial charge in [-0.3, -0.25) is 9.59 Å². The van der Waals surface area contributed by atoms with Gasteiger partial charge in [-0.1, -0.05) is 12.2 Å². The quantitative estimate of drug-likeness (QED) is 0.708. The minimum atomic E-state index is -0.507. The van der Waals surface area contributed by atoms with Gasteiger partial charge in [0.2, 0.25) is 11.8 Å². The zero-order chi connectivity index (χ0) is 22.8. The SMILES string of the molecule is COc1ccc(C2=NN(C3CCN(C(=O)C(C)N)CC3)C(=O)[C@@H]3CC=CC[C@H]23)cc1OC. The molecule has 2 aliphatic heterocycles. The molecule has 1 unspecified atom stereocenters. The van der Waals surface area contributed by atoms with Crippen molar-refractivity contribution in [1.82, 2.24) is 9.91 Å². The van der Waals surface area contributed by atoms with Crippen LogP contribution in [0, 0.1) is 11.8 Å². The van der Waals surface area contributed by atoms with Crippen LogP contribution in [-0.2, 0) is 9.59 Å². The molecule has 8 heteroatoms. The van der Waals surface area contributed by atoms with Crippen LogP contribution in [0.4, 0.5) is 0 Å². The first kappa shape index (κ1) is 22.3. The molecule has 2 heterocycles. The molecule has 3 aliphatic rings. The van der Waals surface area contributed by atoms with Gasteiger partial charge in [0.05, 0.1) is 37.9 Å². The molecular weight excluding hydrogens is 408 g/mol. The molecule has 0 radical (unpaired) electrons. The lowest BCUT2D eigenvalue weighted by Crippen LogP contribution is -2.54. The first-order valence-corrected chi connectivity index (χ1v) is 11.3. The van der Waals surface area contributed by atoms with Crippen molar-refractivity contribution in [3.8, 4) is 11.5 Å². The molecule has 1 aromatic rings. The molecule has 2 amide bonds. The van der Waals surface area contributed by atoms with E-state index in [1.165, 1.54) is 0 Å². The number of allylic oxidation sites excluding steroid dienone is 2. The van der Waals surface area contributed by atoms with Crippen molar-refractivity contribution in [2.45, 2.75) is 44.7 Å². The Morgan fingerprint density at radius 3 is 2.38 bits per heavy atom. The van der Waals surface area contributed by atoms with Crippen molar-refractivity contribution in [3.05, 3.63) is 35.9 Å². The van der Waals surface area contributed by atoms with Crippen LogP contribution in [0.2, 0.25) is 0 Å². The summed E-state index contributed by atoms with van der Waals surface area (Å²) in [6, 6.07) is 5.26. The third kappa shape index (κ3) is 4.11. The molecule has 1 aliphatic carbocycles. The van der Waals surface area contributed by atoms with Gasteiger partial charge in [0.1, 0.15) is 0 Å². The Labute approximate surface area is 189 Å². The van der Waals surface area contributed by atoms with E-state index in [9.17, 15) is 9.59 Å². The third-order valence-corrected chi connectivity index (χ3v) is 6.73. The molecule has 0 spiro atoms. The van der Waals surface area contributed by atoms with Crippen LogP contribution in [0.1, 0.15) is 38.2 Å². The fraction of sp³-hybridized carbons (Fsp3) is 0.542. The highest BCUT2D eigenvalue weighted by Gasteiger charge is 2.43. The molecule has 172 valence electrons. The molecule has 1 saturated heterocycles. The number of hydrogen-bond acceptors (Lipinski definition) is 6. The smallest absolute Gasteiger partial charge is 0.247 e. The molecule has 8 nitrogen and oxygen atoms in total. The Balaban J connectivity index is 1.63. The number of amides is 2. The standard InChI is InChI=1S/C24H32N4O4/c1-15(25)23(29)27-12-10-17(11-13-27)28-24(30)19-7-5-4-6-18(19)22(26-28)16-8-9-20(31-2)21(14-16)32-3/h4-5,8-9,14-15,17-19H,6-7,10-13,25H2,1-3H3/t15?,18-,19+/m0/s1. The summed E-state index contributed by atoms with van der Waals surface area (Å²) in [7, 11) is 3.23. The summed E-state index contributed by atoms with van der Waals surface area (Å²) >= 11 is 0. The summed E-state index contributed by atoms with van der Waals surface area (Å²) < 4.78 is 10.9. The summed E-state index contributed by atoms with van der Waals surface area (Å²) in [5.74, 6) is 1.26. The minimum Gasteiger partial charge on any atom is -0.493 e. The van der Waals surface area contributed by atoms with E-state index < -0.39 is 6.04 Å². The molecule has 0 bridgehead atoms. The number of methoxy groups -OCH3 is 2. The Kier molecular flexibility index (Phi) is 6.50. The fourth-order valence-electron chi connectivity index (χ4n) is 4.95. The van der Waals surface area contributed by atoms with Crippen LogP contribution < -0.4 is 15.2 Å². The second-order valence-corrected chi connectivity index (χ2v) is 8.74. The molecule has 4 rings (SSSR count). The zero-order valence-corrected chi connectivity index (χ0v) is 19.0. The van der Waals surface area contributed by atoms with Crippen molar-refractivity contribution in [2.75, 3.05) is 27.3 Å². The van der Waals surface area contributed by atoms with Crippen molar-refractivity contribution in [1.29, 1.82) is 0 Å². The number of nitrogens with two attached hydrogens (primary N) is 1. The van der Waals surface area contributed by atoms with Crippen molar-refractivity contribution in [2.24, 2.45) is 22.7 Å². The maximum atomic E-state index is 13.4. The average molecular weight is 441 g/mol. The predicted octanol–water partition coefficient (Wildman–Crippen LogP) is 2.17. The number of nitrogens with zero attached hydrogens (tertiary/aromatic N) is 3. The number of hydrazone groups is 1. The summed E-state index contributed by atoms with van der Waals surface area (Å²) in [5, 5.41) is 6.61. The van der Waals surface area contributed by atoms with Crippen molar-refractivity contribution >= 4 is 17.5 Å². The summed E-state index contributed by atoms with van der Waals surface area (Å²) in [5.41, 5.74) is 7.61. The number of hydrogen-bond donors (Lipinski definition) is 1. The highest BCUT2D eigenvalue weighted by atomic mass is 16.5. The Morgan fingerprint density at radius 2 is 1.75 bits per heavy atom. The van der Waals surface area contributed by atoms with Crippen LogP contribution in [-0.4, -0.2) is 66.8 Å². The highest BCUT2D eigenvalue weighted by molar-refractivity contribution is 6.07. The van der Waals surface area contributed by atoms with Crippen LogP contribution in [0.15, 0.2) is 35.5 Å². The molecule has 0 saturated carbocycles. The molecule has 3 atom stereocenters. The predicted molar refractivity (Wildman–Crippen MR) is 122 cm³/mol. The number of fused-ring (bicyclic) bond motifs is 1. The number of carbonyl (C=O) groups excluding carboxylic acids is 2. The van der Waals surface area contributed by atoms with Crippen LogP contribution in [0.3, 0.4) is 0 Å². The summed E-state index contributed by atoms with van der Waals surface area (Å²) in [6.07, 6.45) is 7.13. The first-order chi connectivity index (χ1) is 15.4. The number of likely N-dealkylation sites (tertiary alicyclic amines) is 1. The van der Waals surface area contributed by atoms with E-state index in [2.05, 4.69) is 12.2 Å². The summed E-state index contributed by atoms with van der Waals surface area (Å²) in [4.78, 5) is 27.5. The van der Waals surface area contributed by atoms with E-state index in [0.29, 0.717) is 43.9 Å². The molecule has 1 aromatic carbocycles. The monoisotopic (exact) mass is 440 g/mol. The van der Waals surface area contributed by atoms with Crippen molar-refractivity contribution in [3.63, 3.8) is 0 Å². The number of ether oxygens (including phenoxy) is 2. The van der Waals surface area contributed by atoms with Gasteiger partial charge in [-0.15, -0.1) is 0 Å². The molecule has 1 fully saturated rings. The van der Waals surface area contributed by atoms with Gasteiger partial charge in [0.25, 0.3) is 0 Å². The fourth-order valence-corrected chi connectivity index (χ4v) is 4.95. The normalized spacial score (nSPS) is 24.6. The minimum absolute atomic E-state index is 0.0263. The molecule has 0 aromatic heterocycles. The van der Waals surface area contributed by atoms with Gasteiger partial charge >= 0.3 is 0 Å². The van der Waals surface area contributed by atoms with E-state index in [-0.39, 0.29) is 29.7 Å². The Bertz CT molecular complexity index is 934. The topological polar surface area (TPSA) is 97.5 Å².